The van der Waals surface area contributed by atoms with E-state index < -0.39 is 9.84 Å². The molecular weight excluding hydrogens is 371 g/mol. The zero-order valence-electron chi connectivity index (χ0n) is 14.2. The molecule has 0 aliphatic carbocycles. The van der Waals surface area contributed by atoms with Crippen molar-refractivity contribution in [2.75, 3.05) is 58.0 Å². The van der Waals surface area contributed by atoms with Gasteiger partial charge in [-0.25, -0.2) is 13.4 Å². The van der Waals surface area contributed by atoms with Gasteiger partial charge in [-0.1, -0.05) is 0 Å². The standard InChI is InChI=1S/C15H24N4O2S.2ClH/c1-18(2)10-15-9-16-6-12(15)8-19(11-15)14-5-4-13(7-17-14)22(3,20)21;;/h4-5,7,12,16H,6,8-11H2,1-3H3;2*1H. The molecule has 1 aromatic heterocycles. The first-order valence-corrected chi connectivity index (χ1v) is 9.46. The average molecular weight is 397 g/mol. The molecule has 2 atom stereocenters. The molecule has 0 saturated carbocycles. The van der Waals surface area contributed by atoms with Crippen molar-refractivity contribution < 1.29 is 8.42 Å². The number of aromatic nitrogens is 1. The Hall–Kier alpha value is -0.600. The molecule has 138 valence electrons. The summed E-state index contributed by atoms with van der Waals surface area (Å²) in [7, 11) is 1.05. The maximum atomic E-state index is 11.5. The number of hydrogen-bond acceptors (Lipinski definition) is 6. The van der Waals surface area contributed by atoms with E-state index in [1.807, 2.05) is 6.07 Å². The fourth-order valence-electron chi connectivity index (χ4n) is 3.83. The van der Waals surface area contributed by atoms with E-state index >= 15 is 0 Å². The number of halogens is 2. The molecule has 1 aromatic rings. The molecule has 0 amide bonds. The van der Waals surface area contributed by atoms with Gasteiger partial charge in [0.1, 0.15) is 5.82 Å². The van der Waals surface area contributed by atoms with Gasteiger partial charge in [0, 0.05) is 50.6 Å². The molecule has 0 radical (unpaired) electrons. The van der Waals surface area contributed by atoms with Gasteiger partial charge in [-0.3, -0.25) is 0 Å². The molecule has 6 nitrogen and oxygen atoms in total. The Bertz CT molecular complexity index is 654. The van der Waals surface area contributed by atoms with Gasteiger partial charge in [0.05, 0.1) is 4.90 Å². The molecule has 3 heterocycles. The number of rotatable bonds is 4. The monoisotopic (exact) mass is 396 g/mol. The summed E-state index contributed by atoms with van der Waals surface area (Å²) in [5, 5.41) is 3.52. The summed E-state index contributed by atoms with van der Waals surface area (Å²) in [4.78, 5) is 9.20. The van der Waals surface area contributed by atoms with Crippen LogP contribution in [-0.2, 0) is 9.84 Å². The summed E-state index contributed by atoms with van der Waals surface area (Å²) < 4.78 is 23.1. The van der Waals surface area contributed by atoms with Crippen molar-refractivity contribution in [1.29, 1.82) is 0 Å². The van der Waals surface area contributed by atoms with Crippen LogP contribution < -0.4 is 10.2 Å². The van der Waals surface area contributed by atoms with Gasteiger partial charge < -0.3 is 15.1 Å². The van der Waals surface area contributed by atoms with E-state index in [2.05, 4.69) is 34.2 Å². The molecule has 0 aromatic carbocycles. The lowest BCUT2D eigenvalue weighted by Crippen LogP contribution is -2.41. The second kappa shape index (κ2) is 7.74. The minimum atomic E-state index is -3.18. The van der Waals surface area contributed by atoms with Crippen LogP contribution in [0.5, 0.6) is 0 Å². The van der Waals surface area contributed by atoms with E-state index in [0.29, 0.717) is 5.92 Å². The van der Waals surface area contributed by atoms with Crippen LogP contribution in [0.1, 0.15) is 0 Å². The highest BCUT2D eigenvalue weighted by molar-refractivity contribution is 7.90. The smallest absolute Gasteiger partial charge is 0.177 e. The summed E-state index contributed by atoms with van der Waals surface area (Å²) in [6.07, 6.45) is 2.68. The van der Waals surface area contributed by atoms with Gasteiger partial charge >= 0.3 is 0 Å². The molecule has 3 rings (SSSR count). The highest BCUT2D eigenvalue weighted by Gasteiger charge is 2.50. The van der Waals surface area contributed by atoms with Gasteiger partial charge in [-0.2, -0.15) is 0 Å². The zero-order chi connectivity index (χ0) is 16.0. The van der Waals surface area contributed by atoms with Crippen molar-refractivity contribution in [3.05, 3.63) is 18.3 Å². The Labute approximate surface area is 156 Å². The molecule has 24 heavy (non-hydrogen) atoms. The molecule has 9 heteroatoms. The van der Waals surface area contributed by atoms with E-state index in [4.69, 9.17) is 0 Å². The van der Waals surface area contributed by atoms with Crippen LogP contribution in [0.25, 0.3) is 0 Å². The topological polar surface area (TPSA) is 65.5 Å². The minimum absolute atomic E-state index is 0. The number of nitrogens with one attached hydrogen (secondary N) is 1. The molecule has 0 bridgehead atoms. The highest BCUT2D eigenvalue weighted by Crippen LogP contribution is 2.40. The Morgan fingerprint density at radius 3 is 2.62 bits per heavy atom. The number of fused-ring (bicyclic) bond motifs is 1. The van der Waals surface area contributed by atoms with Gasteiger partial charge in [-0.15, -0.1) is 24.8 Å². The van der Waals surface area contributed by atoms with Gasteiger partial charge in [0.25, 0.3) is 0 Å². The minimum Gasteiger partial charge on any atom is -0.356 e. The lowest BCUT2D eigenvalue weighted by atomic mass is 9.80. The van der Waals surface area contributed by atoms with E-state index in [0.717, 1.165) is 38.5 Å². The SMILES string of the molecule is CN(C)CC12CNCC1CN(c1ccc(S(C)(=O)=O)cn1)C2.Cl.Cl. The Balaban J connectivity index is 0.00000144. The van der Waals surface area contributed by atoms with Crippen molar-refractivity contribution in [2.45, 2.75) is 4.90 Å². The summed E-state index contributed by atoms with van der Waals surface area (Å²) in [5.41, 5.74) is 0.265. The molecule has 2 aliphatic rings. The first-order chi connectivity index (χ1) is 10.3. The number of nitrogens with zero attached hydrogens (tertiary/aromatic N) is 3. The van der Waals surface area contributed by atoms with Crippen LogP contribution in [0, 0.1) is 11.3 Å². The van der Waals surface area contributed by atoms with Gasteiger partial charge in [0.15, 0.2) is 9.84 Å². The van der Waals surface area contributed by atoms with Crippen LogP contribution in [0.15, 0.2) is 23.2 Å². The molecular formula is C15H26Cl2N4O2S. The summed E-state index contributed by atoms with van der Waals surface area (Å²) in [6.45, 7) is 5.09. The van der Waals surface area contributed by atoms with Gasteiger partial charge in [0.2, 0.25) is 0 Å². The number of hydrogen-bond donors (Lipinski definition) is 1. The fraction of sp³-hybridized carbons (Fsp3) is 0.667. The predicted octanol–water partition coefficient (Wildman–Crippen LogP) is 0.916. The predicted molar refractivity (Wildman–Crippen MR) is 101 cm³/mol. The average Bonchev–Trinajstić information content (AvgIpc) is 2.93. The first kappa shape index (κ1) is 21.4. The van der Waals surface area contributed by atoms with Crippen molar-refractivity contribution in [3.63, 3.8) is 0 Å². The summed E-state index contributed by atoms with van der Waals surface area (Å²) in [6, 6.07) is 3.48. The lowest BCUT2D eigenvalue weighted by molar-refractivity contribution is 0.205. The molecule has 2 fully saturated rings. The second-order valence-electron chi connectivity index (χ2n) is 6.93. The maximum Gasteiger partial charge on any atom is 0.177 e. The third-order valence-electron chi connectivity index (χ3n) is 4.78. The van der Waals surface area contributed by atoms with Crippen molar-refractivity contribution in [1.82, 2.24) is 15.2 Å². The third kappa shape index (κ3) is 4.14. The van der Waals surface area contributed by atoms with Crippen molar-refractivity contribution in [2.24, 2.45) is 11.3 Å². The second-order valence-corrected chi connectivity index (χ2v) is 8.95. The summed E-state index contributed by atoms with van der Waals surface area (Å²) in [5.74, 6) is 1.49. The van der Waals surface area contributed by atoms with Crippen LogP contribution in [-0.4, -0.2) is 71.4 Å². The Morgan fingerprint density at radius 1 is 1.38 bits per heavy atom. The van der Waals surface area contributed by atoms with Crippen LogP contribution in [0.4, 0.5) is 5.82 Å². The van der Waals surface area contributed by atoms with Crippen molar-refractivity contribution in [3.8, 4) is 0 Å². The highest BCUT2D eigenvalue weighted by atomic mass is 35.5. The largest absolute Gasteiger partial charge is 0.356 e. The molecule has 2 unspecified atom stereocenters. The number of anilines is 1. The zero-order valence-corrected chi connectivity index (χ0v) is 16.7. The van der Waals surface area contributed by atoms with E-state index in [9.17, 15) is 8.42 Å². The third-order valence-corrected chi connectivity index (χ3v) is 5.88. The maximum absolute atomic E-state index is 11.5. The lowest BCUT2D eigenvalue weighted by Gasteiger charge is -2.31. The van der Waals surface area contributed by atoms with Crippen molar-refractivity contribution >= 4 is 40.5 Å². The Kier molecular flexibility index (Phi) is 6.92. The van der Waals surface area contributed by atoms with Crippen LogP contribution in [0.2, 0.25) is 0 Å². The van der Waals surface area contributed by atoms with Crippen LogP contribution >= 0.6 is 24.8 Å². The number of sulfone groups is 1. The normalized spacial score (nSPS) is 26.0. The van der Waals surface area contributed by atoms with E-state index in [1.54, 1.807) is 6.07 Å². The Morgan fingerprint density at radius 2 is 2.08 bits per heavy atom. The fourth-order valence-corrected chi connectivity index (χ4v) is 4.39. The van der Waals surface area contributed by atoms with Gasteiger partial charge in [-0.05, 0) is 32.1 Å². The quantitative estimate of drug-likeness (QED) is 0.815. The summed E-state index contributed by atoms with van der Waals surface area (Å²) >= 11 is 0. The molecule has 0 spiro atoms. The van der Waals surface area contributed by atoms with Crippen LogP contribution in [0.3, 0.4) is 0 Å². The number of pyridine rings is 1. The molecule has 1 N–H and O–H groups in total. The molecule has 2 aliphatic heterocycles. The van der Waals surface area contributed by atoms with E-state index in [1.165, 1.54) is 12.5 Å². The first-order valence-electron chi connectivity index (χ1n) is 7.57. The molecule has 2 saturated heterocycles. The van der Waals surface area contributed by atoms with E-state index in [-0.39, 0.29) is 35.1 Å².